The molecule has 0 spiro atoms. The SMILES string of the molecule is CCC(Cc1ccc(Br)cc1)N(C)C(=O)Nc1cccc(C#N)c1. The molecule has 0 bridgehead atoms. The molecule has 24 heavy (non-hydrogen) atoms. The van der Waals surface area contributed by atoms with Gasteiger partial charge in [0, 0.05) is 23.2 Å². The Labute approximate surface area is 151 Å². The third-order valence-corrected chi connectivity index (χ3v) is 4.50. The Morgan fingerprint density at radius 1 is 1.29 bits per heavy atom. The van der Waals surface area contributed by atoms with Crippen LogP contribution in [0.15, 0.2) is 53.0 Å². The van der Waals surface area contributed by atoms with E-state index in [1.165, 1.54) is 5.56 Å². The third-order valence-electron chi connectivity index (χ3n) is 3.97. The molecule has 4 nitrogen and oxygen atoms in total. The van der Waals surface area contributed by atoms with Gasteiger partial charge in [0.1, 0.15) is 0 Å². The monoisotopic (exact) mass is 385 g/mol. The molecule has 0 aliphatic heterocycles. The fourth-order valence-corrected chi connectivity index (χ4v) is 2.76. The quantitative estimate of drug-likeness (QED) is 0.802. The predicted molar refractivity (Wildman–Crippen MR) is 99.9 cm³/mol. The van der Waals surface area contributed by atoms with Crippen LogP contribution >= 0.6 is 15.9 Å². The van der Waals surface area contributed by atoms with Gasteiger partial charge in [0.25, 0.3) is 0 Å². The van der Waals surface area contributed by atoms with Crippen molar-refractivity contribution < 1.29 is 4.79 Å². The van der Waals surface area contributed by atoms with Crippen LogP contribution < -0.4 is 5.32 Å². The van der Waals surface area contributed by atoms with Gasteiger partial charge in [-0.25, -0.2) is 4.79 Å². The molecule has 0 heterocycles. The molecule has 1 N–H and O–H groups in total. The Morgan fingerprint density at radius 3 is 2.62 bits per heavy atom. The van der Waals surface area contributed by atoms with Crippen LogP contribution in [-0.2, 0) is 6.42 Å². The summed E-state index contributed by atoms with van der Waals surface area (Å²) in [5, 5.41) is 11.8. The molecule has 2 amide bonds. The van der Waals surface area contributed by atoms with Crippen LogP contribution in [0, 0.1) is 11.3 Å². The molecular formula is C19H20BrN3O. The van der Waals surface area contributed by atoms with Gasteiger partial charge in [-0.15, -0.1) is 0 Å². The molecule has 0 saturated carbocycles. The van der Waals surface area contributed by atoms with Gasteiger partial charge in [-0.3, -0.25) is 0 Å². The van der Waals surface area contributed by atoms with Gasteiger partial charge >= 0.3 is 6.03 Å². The van der Waals surface area contributed by atoms with Crippen molar-refractivity contribution in [2.45, 2.75) is 25.8 Å². The second-order valence-corrected chi connectivity index (χ2v) is 6.54. The van der Waals surface area contributed by atoms with E-state index in [1.807, 2.05) is 12.1 Å². The summed E-state index contributed by atoms with van der Waals surface area (Å²) in [4.78, 5) is 14.2. The molecule has 0 fully saturated rings. The number of carbonyl (C=O) groups is 1. The van der Waals surface area contributed by atoms with Crippen molar-refractivity contribution in [3.05, 3.63) is 64.1 Å². The van der Waals surface area contributed by atoms with Gasteiger partial charge < -0.3 is 10.2 Å². The summed E-state index contributed by atoms with van der Waals surface area (Å²) >= 11 is 3.43. The van der Waals surface area contributed by atoms with E-state index in [0.717, 1.165) is 17.3 Å². The summed E-state index contributed by atoms with van der Waals surface area (Å²) in [5.74, 6) is 0. The van der Waals surface area contributed by atoms with E-state index in [9.17, 15) is 4.79 Å². The highest BCUT2D eigenvalue weighted by Crippen LogP contribution is 2.16. The first-order valence-electron chi connectivity index (χ1n) is 7.82. The molecule has 124 valence electrons. The van der Waals surface area contributed by atoms with Crippen molar-refractivity contribution in [3.8, 4) is 6.07 Å². The number of carbonyl (C=O) groups excluding carboxylic acids is 1. The second-order valence-electron chi connectivity index (χ2n) is 5.63. The number of likely N-dealkylation sites (N-methyl/N-ethyl adjacent to an activating group) is 1. The van der Waals surface area contributed by atoms with Crippen molar-refractivity contribution in [1.82, 2.24) is 4.90 Å². The predicted octanol–water partition coefficient (Wildman–Crippen LogP) is 4.81. The van der Waals surface area contributed by atoms with Crippen molar-refractivity contribution in [3.63, 3.8) is 0 Å². The fourth-order valence-electron chi connectivity index (χ4n) is 2.49. The number of halogens is 1. The summed E-state index contributed by atoms with van der Waals surface area (Å²) < 4.78 is 1.04. The highest BCUT2D eigenvalue weighted by Gasteiger charge is 2.19. The average molecular weight is 386 g/mol. The van der Waals surface area contributed by atoms with Crippen LogP contribution in [0.1, 0.15) is 24.5 Å². The van der Waals surface area contributed by atoms with Gasteiger partial charge in [0.15, 0.2) is 0 Å². The third kappa shape index (κ3) is 4.84. The molecule has 0 aromatic heterocycles. The maximum Gasteiger partial charge on any atom is 0.321 e. The first kappa shape index (κ1) is 18.0. The van der Waals surface area contributed by atoms with Gasteiger partial charge in [0.2, 0.25) is 0 Å². The van der Waals surface area contributed by atoms with E-state index in [-0.39, 0.29) is 12.1 Å². The molecule has 1 unspecified atom stereocenters. The zero-order chi connectivity index (χ0) is 17.5. The molecule has 2 aromatic rings. The molecule has 1 atom stereocenters. The Balaban J connectivity index is 2.03. The summed E-state index contributed by atoms with van der Waals surface area (Å²) in [6.07, 6.45) is 1.66. The maximum atomic E-state index is 12.5. The molecule has 0 radical (unpaired) electrons. The Kier molecular flexibility index (Phi) is 6.39. The van der Waals surface area contributed by atoms with E-state index >= 15 is 0 Å². The van der Waals surface area contributed by atoms with Crippen LogP contribution in [0.5, 0.6) is 0 Å². The number of amides is 2. The smallest absolute Gasteiger partial charge is 0.321 e. The zero-order valence-corrected chi connectivity index (χ0v) is 15.4. The first-order chi connectivity index (χ1) is 11.5. The molecule has 2 rings (SSSR count). The molecule has 2 aromatic carbocycles. The molecule has 0 aliphatic rings. The van der Waals surface area contributed by atoms with E-state index in [2.05, 4.69) is 46.4 Å². The second kappa shape index (κ2) is 8.51. The lowest BCUT2D eigenvalue weighted by Gasteiger charge is -2.27. The minimum absolute atomic E-state index is 0.102. The molecule has 0 saturated heterocycles. The standard InChI is InChI=1S/C19H20BrN3O/c1-3-18(12-14-7-9-16(20)10-8-14)23(2)19(24)22-17-6-4-5-15(11-17)13-21/h4-11,18H,3,12H2,1-2H3,(H,22,24). The number of nitriles is 1. The number of anilines is 1. The Morgan fingerprint density at radius 2 is 2.00 bits per heavy atom. The van der Waals surface area contributed by atoms with Crippen molar-refractivity contribution in [1.29, 1.82) is 5.26 Å². The van der Waals surface area contributed by atoms with Gasteiger partial charge in [-0.05, 0) is 48.7 Å². The summed E-state index contributed by atoms with van der Waals surface area (Å²) in [5.41, 5.74) is 2.35. The summed E-state index contributed by atoms with van der Waals surface area (Å²) in [6, 6.07) is 17.1. The lowest BCUT2D eigenvalue weighted by molar-refractivity contribution is 0.201. The number of hydrogen-bond donors (Lipinski definition) is 1. The van der Waals surface area contributed by atoms with Crippen molar-refractivity contribution in [2.24, 2.45) is 0 Å². The van der Waals surface area contributed by atoms with Crippen LogP contribution in [0.3, 0.4) is 0 Å². The van der Waals surface area contributed by atoms with Crippen LogP contribution in [0.25, 0.3) is 0 Å². The van der Waals surface area contributed by atoms with E-state index < -0.39 is 0 Å². The zero-order valence-electron chi connectivity index (χ0n) is 13.8. The fraction of sp³-hybridized carbons (Fsp3) is 0.263. The van der Waals surface area contributed by atoms with Crippen LogP contribution in [0.4, 0.5) is 10.5 Å². The van der Waals surface area contributed by atoms with Crippen LogP contribution in [-0.4, -0.2) is 24.0 Å². The lowest BCUT2D eigenvalue weighted by Crippen LogP contribution is -2.40. The molecule has 5 heteroatoms. The van der Waals surface area contributed by atoms with Crippen LogP contribution in [0.2, 0.25) is 0 Å². The normalized spacial score (nSPS) is 11.4. The number of rotatable bonds is 5. The van der Waals surface area contributed by atoms with E-state index in [0.29, 0.717) is 11.3 Å². The molecular weight excluding hydrogens is 366 g/mol. The number of hydrogen-bond acceptors (Lipinski definition) is 2. The average Bonchev–Trinajstić information content (AvgIpc) is 2.60. The highest BCUT2D eigenvalue weighted by molar-refractivity contribution is 9.10. The number of nitrogens with one attached hydrogen (secondary N) is 1. The maximum absolute atomic E-state index is 12.5. The first-order valence-corrected chi connectivity index (χ1v) is 8.61. The summed E-state index contributed by atoms with van der Waals surface area (Å²) in [6.45, 7) is 2.07. The Bertz CT molecular complexity index is 737. The topological polar surface area (TPSA) is 56.1 Å². The van der Waals surface area contributed by atoms with Gasteiger partial charge in [-0.1, -0.05) is 41.1 Å². The minimum Gasteiger partial charge on any atom is -0.324 e. The Hall–Kier alpha value is -2.32. The van der Waals surface area contributed by atoms with Gasteiger partial charge in [0.05, 0.1) is 11.6 Å². The largest absolute Gasteiger partial charge is 0.324 e. The lowest BCUT2D eigenvalue weighted by atomic mass is 10.0. The van der Waals surface area contributed by atoms with Crippen molar-refractivity contribution in [2.75, 3.05) is 12.4 Å². The van der Waals surface area contributed by atoms with Crippen molar-refractivity contribution >= 4 is 27.6 Å². The number of benzene rings is 2. The van der Waals surface area contributed by atoms with E-state index in [4.69, 9.17) is 5.26 Å². The number of nitrogens with zero attached hydrogens (tertiary/aromatic N) is 2. The summed E-state index contributed by atoms with van der Waals surface area (Å²) in [7, 11) is 1.80. The van der Waals surface area contributed by atoms with E-state index in [1.54, 1.807) is 36.2 Å². The minimum atomic E-state index is -0.172. The highest BCUT2D eigenvalue weighted by atomic mass is 79.9. The molecule has 0 aliphatic carbocycles. The number of urea groups is 1. The van der Waals surface area contributed by atoms with Gasteiger partial charge in [-0.2, -0.15) is 5.26 Å².